The second-order valence-corrected chi connectivity index (χ2v) is 12.6. The third-order valence-corrected chi connectivity index (χ3v) is 10.0. The van der Waals surface area contributed by atoms with Crippen LogP contribution in [0.15, 0.2) is 35.2 Å². The minimum Gasteiger partial charge on any atom is -0.508 e. The summed E-state index contributed by atoms with van der Waals surface area (Å²) in [6, 6.07) is 9.48. The molecule has 4 aliphatic heterocycles. The van der Waals surface area contributed by atoms with E-state index in [1.54, 1.807) is 6.07 Å². The van der Waals surface area contributed by atoms with Crippen LogP contribution >= 0.6 is 11.8 Å². The number of piperazine rings is 1. The van der Waals surface area contributed by atoms with Gasteiger partial charge < -0.3 is 15.3 Å². The number of hydrogen-bond donors (Lipinski definition) is 2. The fraction of sp³-hybridized carbons (Fsp3) is 0.419. The van der Waals surface area contributed by atoms with Crippen LogP contribution in [0.25, 0.3) is 33.1 Å². The Balaban J connectivity index is 1.33. The first-order valence-corrected chi connectivity index (χ1v) is 15.6. The van der Waals surface area contributed by atoms with Crippen molar-refractivity contribution >= 4 is 39.4 Å². The van der Waals surface area contributed by atoms with E-state index in [0.29, 0.717) is 30.4 Å². The van der Waals surface area contributed by atoms with Gasteiger partial charge in [-0.25, -0.2) is 18.7 Å². The van der Waals surface area contributed by atoms with Crippen molar-refractivity contribution in [3.8, 4) is 28.8 Å². The monoisotopic (exact) mass is 585 g/mol. The third-order valence-electron chi connectivity index (χ3n) is 9.27. The summed E-state index contributed by atoms with van der Waals surface area (Å²) in [6.07, 6.45) is 4.17. The number of rotatable bonds is 3. The van der Waals surface area contributed by atoms with E-state index in [9.17, 15) is 9.50 Å². The number of thioether (sulfide) groups is 1. The number of anilines is 1. The third kappa shape index (κ3) is 4.03. The first kappa shape index (κ1) is 26.1. The Morgan fingerprint density at radius 3 is 2.88 bits per heavy atom. The van der Waals surface area contributed by atoms with Gasteiger partial charge in [-0.1, -0.05) is 18.1 Å². The minimum atomic E-state index is -0.904. The summed E-state index contributed by atoms with van der Waals surface area (Å²) in [5.74, 6) is 6.54. The minimum absolute atomic E-state index is 0.00898. The Hall–Kier alpha value is -3.59. The Kier molecular flexibility index (Phi) is 6.04. The molecule has 2 aromatic heterocycles. The van der Waals surface area contributed by atoms with Gasteiger partial charge in [0.2, 0.25) is 5.82 Å². The van der Waals surface area contributed by atoms with Crippen LogP contribution in [0.3, 0.4) is 0 Å². The standard InChI is InChI=1S/C31H29F2N7OS/c1-42-23-5-2-4-17-10-21(41)12-22(25(17)23)27-26(33)28-29(38-37-27)30(40-16-19-11-20(40)14-34-19)36-24(35-28)6-8-31-7-3-9-39(31)15-18(32)13-31/h2,4-5,10,12,18-20,34,41H,3,7,9,11,13-16H2,1H3/t18-,19-,20-,31-/m1/s1. The number of benzene rings is 2. The molecule has 4 aliphatic rings. The van der Waals surface area contributed by atoms with Crippen LogP contribution in [0.2, 0.25) is 0 Å². The molecule has 0 amide bonds. The number of aromatic nitrogens is 4. The lowest BCUT2D eigenvalue weighted by molar-refractivity contribution is 0.255. The molecule has 8 rings (SSSR count). The van der Waals surface area contributed by atoms with Crippen molar-refractivity contribution < 1.29 is 13.9 Å². The second kappa shape index (κ2) is 9.73. The molecule has 11 heteroatoms. The van der Waals surface area contributed by atoms with Gasteiger partial charge >= 0.3 is 0 Å². The lowest BCUT2D eigenvalue weighted by atomic mass is 9.94. The van der Waals surface area contributed by atoms with Crippen LogP contribution in [0.4, 0.5) is 14.6 Å². The quantitative estimate of drug-likeness (QED) is 0.270. The van der Waals surface area contributed by atoms with Crippen LogP contribution < -0.4 is 10.2 Å². The molecule has 0 saturated carbocycles. The molecule has 2 bridgehead atoms. The molecule has 0 unspecified atom stereocenters. The average molecular weight is 586 g/mol. The van der Waals surface area contributed by atoms with Crippen molar-refractivity contribution in [2.24, 2.45) is 0 Å². The summed E-state index contributed by atoms with van der Waals surface area (Å²) in [5.41, 5.74) is 0.255. The summed E-state index contributed by atoms with van der Waals surface area (Å²) in [7, 11) is 0. The second-order valence-electron chi connectivity index (χ2n) is 11.8. The number of aromatic hydroxyl groups is 1. The van der Waals surface area contributed by atoms with Crippen molar-refractivity contribution in [1.82, 2.24) is 30.4 Å². The number of phenolic OH excluding ortho intramolecular Hbond substituents is 1. The van der Waals surface area contributed by atoms with Gasteiger partial charge in [-0.2, -0.15) is 0 Å². The number of nitrogens with one attached hydrogen (secondary N) is 1. The fourth-order valence-corrected chi connectivity index (χ4v) is 8.04. The molecule has 0 spiro atoms. The van der Waals surface area contributed by atoms with Crippen molar-refractivity contribution in [2.45, 2.75) is 54.4 Å². The van der Waals surface area contributed by atoms with Crippen LogP contribution in [0, 0.1) is 17.7 Å². The molecule has 0 aliphatic carbocycles. The highest BCUT2D eigenvalue weighted by atomic mass is 32.2. The first-order valence-electron chi connectivity index (χ1n) is 14.4. The van der Waals surface area contributed by atoms with Crippen molar-refractivity contribution in [2.75, 3.05) is 37.3 Å². The van der Waals surface area contributed by atoms with Crippen LogP contribution in [0.5, 0.6) is 5.75 Å². The van der Waals surface area contributed by atoms with Gasteiger partial charge in [-0.05, 0) is 61.6 Å². The Morgan fingerprint density at radius 2 is 2.07 bits per heavy atom. The van der Waals surface area contributed by atoms with E-state index in [1.807, 2.05) is 24.5 Å². The molecule has 6 heterocycles. The largest absolute Gasteiger partial charge is 0.508 e. The van der Waals surface area contributed by atoms with E-state index in [1.165, 1.54) is 17.8 Å². The van der Waals surface area contributed by atoms with Gasteiger partial charge in [-0.15, -0.1) is 22.0 Å². The van der Waals surface area contributed by atoms with E-state index in [0.717, 1.165) is 54.6 Å². The molecule has 4 aromatic rings. The number of hydrogen-bond acceptors (Lipinski definition) is 9. The van der Waals surface area contributed by atoms with Crippen LogP contribution in [-0.4, -0.2) is 86.4 Å². The summed E-state index contributed by atoms with van der Waals surface area (Å²) in [6.45, 7) is 2.76. The Labute approximate surface area is 245 Å². The molecule has 214 valence electrons. The Morgan fingerprint density at radius 1 is 1.17 bits per heavy atom. The Bertz CT molecular complexity index is 1830. The topological polar surface area (TPSA) is 90.3 Å². The van der Waals surface area contributed by atoms with Gasteiger partial charge in [0.1, 0.15) is 23.1 Å². The molecular weight excluding hydrogens is 556 g/mol. The van der Waals surface area contributed by atoms with E-state index >= 15 is 4.39 Å². The molecule has 42 heavy (non-hydrogen) atoms. The predicted octanol–water partition coefficient (Wildman–Crippen LogP) is 4.29. The van der Waals surface area contributed by atoms with Gasteiger partial charge in [0, 0.05) is 54.0 Å². The maximum Gasteiger partial charge on any atom is 0.207 e. The zero-order valence-electron chi connectivity index (χ0n) is 23.1. The van der Waals surface area contributed by atoms with Gasteiger partial charge in [0.15, 0.2) is 17.2 Å². The summed E-state index contributed by atoms with van der Waals surface area (Å²) in [5, 5.41) is 24.5. The number of fused-ring (bicyclic) bond motifs is 5. The SMILES string of the molecule is CSc1cccc2cc(O)cc(-c3nnc4c(N5C[C@H]6C[C@@H]5CN6)nc(C#C[C@@]56CCCN5C[C@H](F)C6)nc4c3F)c12. The maximum absolute atomic E-state index is 16.7. The average Bonchev–Trinajstić information content (AvgIpc) is 3.77. The molecule has 8 nitrogen and oxygen atoms in total. The van der Waals surface area contributed by atoms with Gasteiger partial charge in [0.05, 0.1) is 5.54 Å². The molecule has 2 N–H and O–H groups in total. The van der Waals surface area contributed by atoms with E-state index < -0.39 is 17.5 Å². The number of phenols is 1. The summed E-state index contributed by atoms with van der Waals surface area (Å²) < 4.78 is 31.1. The predicted molar refractivity (Wildman–Crippen MR) is 159 cm³/mol. The van der Waals surface area contributed by atoms with Gasteiger partial charge in [0.25, 0.3) is 0 Å². The summed E-state index contributed by atoms with van der Waals surface area (Å²) >= 11 is 1.54. The van der Waals surface area contributed by atoms with E-state index in [2.05, 4.69) is 42.1 Å². The molecular formula is C31H29F2N7OS. The molecule has 4 saturated heterocycles. The number of halogens is 2. The van der Waals surface area contributed by atoms with Crippen LogP contribution in [0.1, 0.15) is 31.5 Å². The van der Waals surface area contributed by atoms with Crippen molar-refractivity contribution in [1.29, 1.82) is 0 Å². The highest BCUT2D eigenvalue weighted by molar-refractivity contribution is 7.98. The molecule has 2 aromatic carbocycles. The first-order chi connectivity index (χ1) is 20.4. The normalized spacial score (nSPS) is 26.7. The van der Waals surface area contributed by atoms with Crippen molar-refractivity contribution in [3.63, 3.8) is 0 Å². The fourth-order valence-electron chi connectivity index (χ4n) is 7.39. The molecule has 4 fully saturated rings. The molecule has 0 radical (unpaired) electrons. The number of alkyl halides is 1. The smallest absolute Gasteiger partial charge is 0.207 e. The lowest BCUT2D eigenvalue weighted by Gasteiger charge is -2.29. The molecule has 4 atom stereocenters. The van der Waals surface area contributed by atoms with Gasteiger partial charge in [-0.3, -0.25) is 4.90 Å². The maximum atomic E-state index is 16.7. The van der Waals surface area contributed by atoms with Crippen LogP contribution in [-0.2, 0) is 0 Å². The zero-order chi connectivity index (χ0) is 28.6. The number of nitrogens with zero attached hydrogens (tertiary/aromatic N) is 6. The summed E-state index contributed by atoms with van der Waals surface area (Å²) in [4.78, 5) is 14.6. The highest BCUT2D eigenvalue weighted by Crippen LogP contribution is 2.41. The highest BCUT2D eigenvalue weighted by Gasteiger charge is 2.48. The van der Waals surface area contributed by atoms with E-state index in [4.69, 9.17) is 4.98 Å². The van der Waals surface area contributed by atoms with Crippen molar-refractivity contribution in [3.05, 3.63) is 42.0 Å². The van der Waals surface area contributed by atoms with E-state index in [-0.39, 0.29) is 34.3 Å². The lowest BCUT2D eigenvalue weighted by Crippen LogP contribution is -2.44. The zero-order valence-corrected chi connectivity index (χ0v) is 23.9.